The van der Waals surface area contributed by atoms with Gasteiger partial charge in [0, 0.05) is 24.0 Å². The first-order valence-corrected chi connectivity index (χ1v) is 12.8. The Morgan fingerprint density at radius 2 is 1.68 bits per heavy atom. The zero-order valence-corrected chi connectivity index (χ0v) is 19.4. The van der Waals surface area contributed by atoms with Crippen molar-refractivity contribution in [1.82, 2.24) is 9.62 Å². The van der Waals surface area contributed by atoms with Crippen LogP contribution in [-0.2, 0) is 27.7 Å². The van der Waals surface area contributed by atoms with Gasteiger partial charge >= 0.3 is 0 Å². The Bertz CT molecular complexity index is 1040. The zero-order valence-electron chi connectivity index (χ0n) is 17.8. The van der Waals surface area contributed by atoms with Crippen LogP contribution in [0.15, 0.2) is 47.4 Å². The molecule has 0 aromatic heterocycles. The Labute approximate surface area is 189 Å². The van der Waals surface area contributed by atoms with Crippen molar-refractivity contribution in [3.05, 3.63) is 64.2 Å². The van der Waals surface area contributed by atoms with Crippen LogP contribution < -0.4 is 5.32 Å². The number of benzene rings is 2. The predicted octanol–water partition coefficient (Wildman–Crippen LogP) is 4.50. The molecule has 1 amide bonds. The molecule has 2 aliphatic rings. The largest absolute Gasteiger partial charge is 0.349 e. The number of carbonyl (C=O) groups excluding carboxylic acids is 1. The highest BCUT2D eigenvalue weighted by Gasteiger charge is 2.32. The lowest BCUT2D eigenvalue weighted by Gasteiger charge is -2.31. The van der Waals surface area contributed by atoms with Crippen LogP contribution in [0.25, 0.3) is 0 Å². The maximum absolute atomic E-state index is 12.8. The molecule has 31 heavy (non-hydrogen) atoms. The number of halogens is 1. The van der Waals surface area contributed by atoms with E-state index >= 15 is 0 Å². The van der Waals surface area contributed by atoms with Gasteiger partial charge in [0.1, 0.15) is 0 Å². The fraction of sp³-hybridized carbons (Fsp3) is 0.458. The van der Waals surface area contributed by atoms with Crippen LogP contribution >= 0.6 is 11.6 Å². The van der Waals surface area contributed by atoms with Crippen molar-refractivity contribution >= 4 is 27.5 Å². The monoisotopic (exact) mass is 460 g/mol. The quantitative estimate of drug-likeness (QED) is 0.714. The normalized spacial score (nSPS) is 18.9. The molecular weight excluding hydrogens is 432 g/mol. The minimum Gasteiger partial charge on any atom is -0.349 e. The summed E-state index contributed by atoms with van der Waals surface area (Å²) in [5, 5.41) is 3.64. The highest BCUT2D eigenvalue weighted by Crippen LogP contribution is 2.27. The number of nitrogens with one attached hydrogen (secondary N) is 1. The van der Waals surface area contributed by atoms with Crippen molar-refractivity contribution in [3.8, 4) is 0 Å². The molecule has 1 fully saturated rings. The maximum atomic E-state index is 12.8. The molecule has 5 nitrogen and oxygen atoms in total. The fourth-order valence-electron chi connectivity index (χ4n) is 4.55. The second-order valence-electron chi connectivity index (χ2n) is 8.60. The minimum absolute atomic E-state index is 0.00811. The van der Waals surface area contributed by atoms with E-state index < -0.39 is 10.0 Å². The molecule has 2 aromatic rings. The molecule has 7 heteroatoms. The van der Waals surface area contributed by atoms with Crippen LogP contribution in [-0.4, -0.2) is 31.7 Å². The number of hydrogen-bond acceptors (Lipinski definition) is 3. The SMILES string of the molecule is C[C@H](NC(=O)C1CCN(S(=O)(=O)c2ccc(Cl)cc2)CC1)c1ccc2c(c1)CCCC2. The minimum atomic E-state index is -3.56. The van der Waals surface area contributed by atoms with Gasteiger partial charge in [-0.25, -0.2) is 8.42 Å². The number of fused-ring (bicyclic) bond motifs is 1. The maximum Gasteiger partial charge on any atom is 0.243 e. The van der Waals surface area contributed by atoms with Crippen molar-refractivity contribution < 1.29 is 13.2 Å². The molecule has 1 saturated heterocycles. The lowest BCUT2D eigenvalue weighted by Crippen LogP contribution is -2.43. The third-order valence-corrected chi connectivity index (χ3v) is 8.67. The summed E-state index contributed by atoms with van der Waals surface area (Å²) >= 11 is 5.87. The number of rotatable bonds is 5. The number of sulfonamides is 1. The number of piperidine rings is 1. The number of amides is 1. The van der Waals surface area contributed by atoms with Gasteiger partial charge in [0.05, 0.1) is 10.9 Å². The van der Waals surface area contributed by atoms with Crippen LogP contribution in [0.5, 0.6) is 0 Å². The van der Waals surface area contributed by atoms with Gasteiger partial charge < -0.3 is 5.32 Å². The van der Waals surface area contributed by atoms with Crippen molar-refractivity contribution in [3.63, 3.8) is 0 Å². The number of aryl methyl sites for hydroxylation is 2. The first-order valence-electron chi connectivity index (χ1n) is 11.0. The third kappa shape index (κ3) is 4.97. The van der Waals surface area contributed by atoms with E-state index in [2.05, 4.69) is 23.5 Å². The van der Waals surface area contributed by atoms with Gasteiger partial charge in [-0.05, 0) is 86.4 Å². The number of hydrogen-bond donors (Lipinski definition) is 1. The Morgan fingerprint density at radius 3 is 2.35 bits per heavy atom. The molecule has 0 saturated carbocycles. The highest BCUT2D eigenvalue weighted by molar-refractivity contribution is 7.89. The van der Waals surface area contributed by atoms with Crippen LogP contribution in [0.3, 0.4) is 0 Å². The lowest BCUT2D eigenvalue weighted by atomic mass is 9.89. The van der Waals surface area contributed by atoms with Gasteiger partial charge in [-0.2, -0.15) is 4.31 Å². The second-order valence-corrected chi connectivity index (χ2v) is 11.0. The molecule has 0 bridgehead atoms. The summed E-state index contributed by atoms with van der Waals surface area (Å²) in [5.74, 6) is -0.162. The molecule has 0 unspecified atom stereocenters. The smallest absolute Gasteiger partial charge is 0.243 e. The van der Waals surface area contributed by atoms with Gasteiger partial charge in [-0.15, -0.1) is 0 Å². The number of carbonyl (C=O) groups is 1. The molecule has 1 aliphatic heterocycles. The molecule has 1 atom stereocenters. The topological polar surface area (TPSA) is 66.5 Å². The van der Waals surface area contributed by atoms with Crippen LogP contribution in [0, 0.1) is 5.92 Å². The van der Waals surface area contributed by atoms with Gasteiger partial charge in [0.25, 0.3) is 0 Å². The molecule has 1 heterocycles. The van der Waals surface area contributed by atoms with Crippen molar-refractivity contribution in [2.75, 3.05) is 13.1 Å². The van der Waals surface area contributed by atoms with Crippen molar-refractivity contribution in [1.29, 1.82) is 0 Å². The van der Waals surface area contributed by atoms with E-state index in [0.29, 0.717) is 31.0 Å². The highest BCUT2D eigenvalue weighted by atomic mass is 35.5. The van der Waals surface area contributed by atoms with E-state index in [1.54, 1.807) is 12.1 Å². The molecule has 1 N–H and O–H groups in total. The summed E-state index contributed by atoms with van der Waals surface area (Å²) in [4.78, 5) is 13.1. The van der Waals surface area contributed by atoms with E-state index in [0.717, 1.165) is 18.4 Å². The van der Waals surface area contributed by atoms with Gasteiger partial charge in [0.2, 0.25) is 15.9 Å². The van der Waals surface area contributed by atoms with Crippen molar-refractivity contribution in [2.24, 2.45) is 5.92 Å². The third-order valence-electron chi connectivity index (χ3n) is 6.51. The van der Waals surface area contributed by atoms with E-state index in [1.807, 2.05) is 6.92 Å². The van der Waals surface area contributed by atoms with Crippen molar-refractivity contribution in [2.45, 2.75) is 56.4 Å². The molecule has 0 radical (unpaired) electrons. The van der Waals surface area contributed by atoms with E-state index in [9.17, 15) is 13.2 Å². The van der Waals surface area contributed by atoms with Gasteiger partial charge in [-0.3, -0.25) is 4.79 Å². The van der Waals surface area contributed by atoms with E-state index in [4.69, 9.17) is 11.6 Å². The average molecular weight is 461 g/mol. The summed E-state index contributed by atoms with van der Waals surface area (Å²) < 4.78 is 27.1. The molecule has 1 aliphatic carbocycles. The van der Waals surface area contributed by atoms with Crippen LogP contribution in [0.2, 0.25) is 5.02 Å². The summed E-state index contributed by atoms with van der Waals surface area (Å²) in [5.41, 5.74) is 3.98. The Balaban J connectivity index is 1.34. The summed E-state index contributed by atoms with van der Waals surface area (Å²) in [6, 6.07) is 12.7. The fourth-order valence-corrected chi connectivity index (χ4v) is 6.15. The van der Waals surface area contributed by atoms with E-state index in [-0.39, 0.29) is 22.8 Å². The molecule has 166 valence electrons. The summed E-state index contributed by atoms with van der Waals surface area (Å²) in [6.45, 7) is 2.70. The molecule has 0 spiro atoms. The first kappa shape index (κ1) is 22.3. The number of nitrogens with zero attached hydrogens (tertiary/aromatic N) is 1. The Morgan fingerprint density at radius 1 is 1.03 bits per heavy atom. The van der Waals surface area contributed by atoms with E-state index in [1.165, 1.54) is 40.4 Å². The Kier molecular flexibility index (Phi) is 6.70. The van der Waals surface area contributed by atoms with Crippen LogP contribution in [0.1, 0.15) is 55.3 Å². The zero-order chi connectivity index (χ0) is 22.0. The standard InChI is InChI=1S/C24H29ClN2O3S/c1-17(20-7-6-18-4-2-3-5-21(18)16-20)26-24(28)19-12-14-27(15-13-19)31(29,30)23-10-8-22(25)9-11-23/h6-11,16-17,19H,2-5,12-15H2,1H3,(H,26,28)/t17-/m0/s1. The average Bonchev–Trinajstić information content (AvgIpc) is 2.79. The van der Waals surface area contributed by atoms with Crippen LogP contribution in [0.4, 0.5) is 0 Å². The summed E-state index contributed by atoms with van der Waals surface area (Å²) in [6.07, 6.45) is 5.79. The van der Waals surface area contributed by atoms with Gasteiger partial charge in [-0.1, -0.05) is 29.8 Å². The molecule has 4 rings (SSSR count). The summed E-state index contributed by atoms with van der Waals surface area (Å²) in [7, 11) is -3.56. The predicted molar refractivity (Wildman–Crippen MR) is 123 cm³/mol. The second kappa shape index (κ2) is 9.31. The molecule has 2 aromatic carbocycles. The Hall–Kier alpha value is -1.89. The lowest BCUT2D eigenvalue weighted by molar-refractivity contribution is -0.126. The first-order chi connectivity index (χ1) is 14.8. The van der Waals surface area contributed by atoms with Gasteiger partial charge in [0.15, 0.2) is 0 Å². The molecular formula is C24H29ClN2O3S.